The van der Waals surface area contributed by atoms with E-state index in [9.17, 15) is 4.79 Å². The molecule has 0 aliphatic heterocycles. The molecule has 3 rings (SSSR count). The summed E-state index contributed by atoms with van der Waals surface area (Å²) in [4.78, 5) is 16.3. The molecule has 0 radical (unpaired) electrons. The molecule has 0 amide bonds. The molecule has 0 spiro atoms. The van der Waals surface area contributed by atoms with Crippen LogP contribution in [0.5, 0.6) is 0 Å². The van der Waals surface area contributed by atoms with Crippen LogP contribution in [0.1, 0.15) is 44.5 Å². The molecule has 0 N–H and O–H groups in total. The maximum Gasteiger partial charge on any atom is 0.328 e. The lowest BCUT2D eigenvalue weighted by Crippen LogP contribution is -2.26. The summed E-state index contributed by atoms with van der Waals surface area (Å²) in [6.07, 6.45) is 9.89. The average molecular weight is 246 g/mol. The quantitative estimate of drug-likeness (QED) is 0.826. The normalized spacial score (nSPS) is 15.5. The molecule has 1 aliphatic carbocycles. The molecule has 1 fully saturated rings. The van der Waals surface area contributed by atoms with Crippen LogP contribution < -0.4 is 5.69 Å². The topological polar surface area (TPSA) is 44.8 Å². The van der Waals surface area contributed by atoms with Crippen molar-refractivity contribution in [3.05, 3.63) is 41.1 Å². The Labute approximate surface area is 106 Å². The van der Waals surface area contributed by atoms with Crippen LogP contribution in [-0.4, -0.2) is 18.7 Å². The molecule has 96 valence electrons. The highest BCUT2D eigenvalue weighted by atomic mass is 16.1. The molecule has 5 heteroatoms. The van der Waals surface area contributed by atoms with Crippen molar-refractivity contribution in [3.8, 4) is 0 Å². The van der Waals surface area contributed by atoms with Crippen LogP contribution in [0.2, 0.25) is 0 Å². The van der Waals surface area contributed by atoms with Gasteiger partial charge in [-0.05, 0) is 26.7 Å². The summed E-state index contributed by atoms with van der Waals surface area (Å²) in [5.74, 6) is 0. The van der Waals surface area contributed by atoms with Crippen molar-refractivity contribution in [3.63, 3.8) is 0 Å². The fourth-order valence-corrected chi connectivity index (χ4v) is 2.25. The molecular formula is C13H18N4O. The number of aromatic nitrogens is 4. The van der Waals surface area contributed by atoms with Gasteiger partial charge in [-0.2, -0.15) is 0 Å². The van der Waals surface area contributed by atoms with Crippen molar-refractivity contribution in [2.75, 3.05) is 0 Å². The van der Waals surface area contributed by atoms with Crippen LogP contribution in [0.4, 0.5) is 0 Å². The van der Waals surface area contributed by atoms with Crippen LogP contribution in [0.3, 0.4) is 0 Å². The third-order valence-electron chi connectivity index (χ3n) is 3.45. The number of imidazole rings is 2. The Balaban J connectivity index is 1.88. The van der Waals surface area contributed by atoms with Crippen molar-refractivity contribution < 1.29 is 0 Å². The number of nitrogens with zero attached hydrogens (tertiary/aromatic N) is 4. The SMILES string of the molecule is CC(C)n1ccn(Cc2cncn2C2CC2)c1=O. The van der Waals surface area contributed by atoms with Crippen molar-refractivity contribution in [1.82, 2.24) is 18.7 Å². The lowest BCUT2D eigenvalue weighted by atomic mass is 10.4. The van der Waals surface area contributed by atoms with Crippen LogP contribution in [-0.2, 0) is 6.54 Å². The second-order valence-corrected chi connectivity index (χ2v) is 5.23. The van der Waals surface area contributed by atoms with Gasteiger partial charge in [0.25, 0.3) is 0 Å². The first-order chi connectivity index (χ1) is 8.66. The Morgan fingerprint density at radius 1 is 1.39 bits per heavy atom. The zero-order valence-corrected chi connectivity index (χ0v) is 10.8. The molecular weight excluding hydrogens is 228 g/mol. The molecule has 1 saturated carbocycles. The van der Waals surface area contributed by atoms with E-state index in [1.165, 1.54) is 12.8 Å². The maximum absolute atomic E-state index is 12.1. The summed E-state index contributed by atoms with van der Waals surface area (Å²) in [5, 5.41) is 0. The fraction of sp³-hybridized carbons (Fsp3) is 0.538. The van der Waals surface area contributed by atoms with Gasteiger partial charge in [0.2, 0.25) is 0 Å². The summed E-state index contributed by atoms with van der Waals surface area (Å²) < 4.78 is 5.69. The molecule has 0 atom stereocenters. The Morgan fingerprint density at radius 2 is 2.17 bits per heavy atom. The third kappa shape index (κ3) is 1.89. The third-order valence-corrected chi connectivity index (χ3v) is 3.45. The number of rotatable bonds is 4. The molecule has 0 aromatic carbocycles. The molecule has 2 aromatic heterocycles. The van der Waals surface area contributed by atoms with Crippen LogP contribution in [0.15, 0.2) is 29.7 Å². The molecule has 5 nitrogen and oxygen atoms in total. The van der Waals surface area contributed by atoms with Crippen molar-refractivity contribution >= 4 is 0 Å². The molecule has 2 heterocycles. The summed E-state index contributed by atoms with van der Waals surface area (Å²) in [5.41, 5.74) is 1.16. The average Bonchev–Trinajstić information content (AvgIpc) is 2.97. The lowest BCUT2D eigenvalue weighted by Gasteiger charge is -2.07. The van der Waals surface area contributed by atoms with Gasteiger partial charge in [0.05, 0.1) is 18.6 Å². The predicted octanol–water partition coefficient (Wildman–Crippen LogP) is 1.81. The first kappa shape index (κ1) is 11.3. The monoisotopic (exact) mass is 246 g/mol. The van der Waals surface area contributed by atoms with E-state index >= 15 is 0 Å². The highest BCUT2D eigenvalue weighted by Gasteiger charge is 2.25. The largest absolute Gasteiger partial charge is 0.330 e. The molecule has 0 saturated heterocycles. The second-order valence-electron chi connectivity index (χ2n) is 5.23. The number of hydrogen-bond donors (Lipinski definition) is 0. The van der Waals surface area contributed by atoms with E-state index in [0.717, 1.165) is 5.69 Å². The van der Waals surface area contributed by atoms with Gasteiger partial charge in [-0.3, -0.25) is 9.13 Å². The fourth-order valence-electron chi connectivity index (χ4n) is 2.25. The van der Waals surface area contributed by atoms with Crippen molar-refractivity contribution in [2.24, 2.45) is 0 Å². The summed E-state index contributed by atoms with van der Waals surface area (Å²) in [7, 11) is 0. The van der Waals surface area contributed by atoms with Gasteiger partial charge >= 0.3 is 5.69 Å². The number of hydrogen-bond acceptors (Lipinski definition) is 2. The van der Waals surface area contributed by atoms with Gasteiger partial charge < -0.3 is 4.57 Å². The standard InChI is InChI=1S/C13H18N4O/c1-10(2)16-6-5-15(13(16)18)8-12-7-14-9-17(12)11-3-4-11/h5-7,9-11H,3-4,8H2,1-2H3. The summed E-state index contributed by atoms with van der Waals surface area (Å²) >= 11 is 0. The van der Waals surface area contributed by atoms with E-state index in [-0.39, 0.29) is 11.7 Å². The summed E-state index contributed by atoms with van der Waals surface area (Å²) in [6, 6.07) is 0.803. The van der Waals surface area contributed by atoms with Gasteiger partial charge in [-0.15, -0.1) is 0 Å². The predicted molar refractivity (Wildman–Crippen MR) is 68.7 cm³/mol. The zero-order valence-electron chi connectivity index (χ0n) is 10.8. The van der Waals surface area contributed by atoms with Gasteiger partial charge in [0.1, 0.15) is 0 Å². The highest BCUT2D eigenvalue weighted by molar-refractivity contribution is 5.05. The minimum Gasteiger partial charge on any atom is -0.330 e. The minimum atomic E-state index is 0.0496. The van der Waals surface area contributed by atoms with Gasteiger partial charge in [-0.1, -0.05) is 0 Å². The molecule has 18 heavy (non-hydrogen) atoms. The van der Waals surface area contributed by atoms with Crippen molar-refractivity contribution in [2.45, 2.75) is 45.3 Å². The van der Waals surface area contributed by atoms with Gasteiger partial charge in [0.15, 0.2) is 0 Å². The van der Waals surface area contributed by atoms with E-state index in [1.807, 2.05) is 38.8 Å². The Morgan fingerprint density at radius 3 is 2.78 bits per heavy atom. The zero-order chi connectivity index (χ0) is 12.7. The van der Waals surface area contributed by atoms with Crippen LogP contribution in [0.25, 0.3) is 0 Å². The Bertz CT molecular complexity index is 601. The van der Waals surface area contributed by atoms with Gasteiger partial charge in [-0.25, -0.2) is 9.78 Å². The van der Waals surface area contributed by atoms with Crippen LogP contribution >= 0.6 is 0 Å². The highest BCUT2D eigenvalue weighted by Crippen LogP contribution is 2.35. The Kier molecular flexibility index (Phi) is 2.61. The summed E-state index contributed by atoms with van der Waals surface area (Å²) in [6.45, 7) is 4.63. The minimum absolute atomic E-state index is 0.0496. The van der Waals surface area contributed by atoms with E-state index in [0.29, 0.717) is 12.6 Å². The molecule has 0 unspecified atom stereocenters. The van der Waals surface area contributed by atoms with Gasteiger partial charge in [0, 0.05) is 30.7 Å². The second kappa shape index (κ2) is 4.15. The van der Waals surface area contributed by atoms with Crippen molar-refractivity contribution in [1.29, 1.82) is 0 Å². The molecule has 1 aliphatic rings. The van der Waals surface area contributed by atoms with E-state index < -0.39 is 0 Å². The van der Waals surface area contributed by atoms with E-state index in [1.54, 1.807) is 9.13 Å². The smallest absolute Gasteiger partial charge is 0.328 e. The Hall–Kier alpha value is -1.78. The molecule has 2 aromatic rings. The first-order valence-corrected chi connectivity index (χ1v) is 6.45. The van der Waals surface area contributed by atoms with E-state index in [4.69, 9.17) is 0 Å². The lowest BCUT2D eigenvalue weighted by molar-refractivity contribution is 0.555. The molecule has 0 bridgehead atoms. The first-order valence-electron chi connectivity index (χ1n) is 6.45. The maximum atomic E-state index is 12.1. The van der Waals surface area contributed by atoms with Crippen LogP contribution in [0, 0.1) is 0 Å². The van der Waals surface area contributed by atoms with E-state index in [2.05, 4.69) is 9.55 Å².